The van der Waals surface area contributed by atoms with Gasteiger partial charge < -0.3 is 10.6 Å². The first-order valence-electron chi connectivity index (χ1n) is 11.3. The fraction of sp³-hybridized carbons (Fsp3) is 0.0769. The Hall–Kier alpha value is -4.42. The number of benzene rings is 4. The number of sulfonamides is 2. The molecule has 4 aromatic carbocycles. The van der Waals surface area contributed by atoms with Crippen molar-refractivity contribution in [3.8, 4) is 0 Å². The average Bonchev–Trinajstić information content (AvgIpc) is 2.84. The Morgan fingerprint density at radius 3 is 1.13 bits per heavy atom. The van der Waals surface area contributed by atoms with Crippen molar-refractivity contribution in [1.29, 1.82) is 0 Å². The van der Waals surface area contributed by atoms with Crippen molar-refractivity contribution >= 4 is 65.4 Å². The van der Waals surface area contributed by atoms with Gasteiger partial charge >= 0.3 is 0 Å². The van der Waals surface area contributed by atoms with Gasteiger partial charge in [-0.25, -0.2) is 16.8 Å². The number of rotatable bonds is 8. The largest absolute Gasteiger partial charge is 0.326 e. The van der Waals surface area contributed by atoms with Crippen LogP contribution in [0.25, 0.3) is 10.8 Å². The van der Waals surface area contributed by atoms with Crippen LogP contribution < -0.4 is 20.1 Å². The van der Waals surface area contributed by atoms with Gasteiger partial charge in [0.05, 0.1) is 9.79 Å². The zero-order chi connectivity index (χ0) is 27.5. The van der Waals surface area contributed by atoms with E-state index in [-0.39, 0.29) is 43.8 Å². The van der Waals surface area contributed by atoms with E-state index in [0.717, 1.165) is 0 Å². The number of amides is 2. The Labute approximate surface area is 220 Å². The smallest absolute Gasteiger partial charge is 0.262 e. The zero-order valence-corrected chi connectivity index (χ0v) is 22.0. The number of hydrogen-bond acceptors (Lipinski definition) is 6. The monoisotopic (exact) mass is 552 g/mol. The van der Waals surface area contributed by atoms with Gasteiger partial charge in [-0.1, -0.05) is 24.3 Å². The van der Waals surface area contributed by atoms with E-state index in [0.29, 0.717) is 11.4 Å². The van der Waals surface area contributed by atoms with E-state index >= 15 is 0 Å². The molecule has 0 aliphatic carbocycles. The molecule has 2 amide bonds. The van der Waals surface area contributed by atoms with Crippen molar-refractivity contribution in [3.63, 3.8) is 0 Å². The third-order valence-corrected chi connectivity index (χ3v) is 8.21. The molecule has 12 heteroatoms. The second-order valence-corrected chi connectivity index (χ2v) is 11.6. The highest BCUT2D eigenvalue weighted by atomic mass is 32.2. The minimum atomic E-state index is -4.10. The maximum atomic E-state index is 13.3. The first kappa shape index (κ1) is 26.6. The Bertz CT molecular complexity index is 1600. The minimum absolute atomic E-state index is 0.0994. The Balaban J connectivity index is 1.65. The number of carbonyl (C=O) groups excluding carboxylic acids is 2. The number of nitrogens with one attached hydrogen (secondary N) is 4. The van der Waals surface area contributed by atoms with Gasteiger partial charge in [0.1, 0.15) is 0 Å². The van der Waals surface area contributed by atoms with Crippen LogP contribution in [0.3, 0.4) is 0 Å². The van der Waals surface area contributed by atoms with Gasteiger partial charge in [0.25, 0.3) is 20.0 Å². The molecule has 196 valence electrons. The highest BCUT2D eigenvalue weighted by molar-refractivity contribution is 7.93. The zero-order valence-electron chi connectivity index (χ0n) is 20.3. The Morgan fingerprint density at radius 1 is 0.500 bits per heavy atom. The van der Waals surface area contributed by atoms with E-state index in [1.807, 2.05) is 0 Å². The van der Waals surface area contributed by atoms with Gasteiger partial charge in [0, 0.05) is 47.4 Å². The molecule has 4 N–H and O–H groups in total. The van der Waals surface area contributed by atoms with Crippen molar-refractivity contribution in [3.05, 3.63) is 84.9 Å². The molecule has 0 radical (unpaired) electrons. The summed E-state index contributed by atoms with van der Waals surface area (Å²) < 4.78 is 58.0. The van der Waals surface area contributed by atoms with Crippen LogP contribution >= 0.6 is 0 Å². The summed E-state index contributed by atoms with van der Waals surface area (Å²) in [5.74, 6) is -0.507. The summed E-state index contributed by atoms with van der Waals surface area (Å²) in [4.78, 5) is 22.2. The summed E-state index contributed by atoms with van der Waals surface area (Å²) >= 11 is 0. The van der Waals surface area contributed by atoms with E-state index in [1.165, 1.54) is 74.5 Å². The lowest BCUT2D eigenvalue weighted by Gasteiger charge is -2.14. The SMILES string of the molecule is CC(=O)Nc1ccc(NS(=O)(=O)c2cccc3c(S(=O)(=O)Nc4ccc(NC(C)=O)cc4)cccc23)cc1. The number of anilines is 4. The standard InChI is InChI=1S/C26H24N4O6S2/c1-17(31)27-19-9-13-21(14-10-19)29-37(33,34)25-7-3-6-24-23(25)5-4-8-26(24)38(35,36)30-22-15-11-20(12-16-22)28-18(2)32/h3-16,29-30H,1-2H3,(H,27,31)(H,28,32). The first-order valence-corrected chi connectivity index (χ1v) is 14.2. The third kappa shape index (κ3) is 6.10. The van der Waals surface area contributed by atoms with Crippen LogP contribution in [-0.2, 0) is 29.6 Å². The predicted octanol–water partition coefficient (Wildman–Crippen LogP) is 4.36. The second kappa shape index (κ2) is 10.5. The van der Waals surface area contributed by atoms with Crippen molar-refractivity contribution < 1.29 is 26.4 Å². The molecule has 4 aromatic rings. The van der Waals surface area contributed by atoms with E-state index in [2.05, 4.69) is 20.1 Å². The predicted molar refractivity (Wildman–Crippen MR) is 147 cm³/mol. The fourth-order valence-electron chi connectivity index (χ4n) is 3.79. The molecule has 0 aliphatic rings. The quantitative estimate of drug-likeness (QED) is 0.255. The maximum absolute atomic E-state index is 13.3. The molecule has 0 heterocycles. The molecule has 0 fully saturated rings. The van der Waals surface area contributed by atoms with Gasteiger partial charge in [0.15, 0.2) is 0 Å². The summed E-state index contributed by atoms with van der Waals surface area (Å²) in [5, 5.41) is 5.65. The molecule has 0 unspecified atom stereocenters. The van der Waals surface area contributed by atoms with Crippen LogP contribution in [0.15, 0.2) is 94.7 Å². The number of hydrogen-bond donors (Lipinski definition) is 4. The van der Waals surface area contributed by atoms with Crippen molar-refractivity contribution in [2.45, 2.75) is 23.6 Å². The summed E-state index contributed by atoms with van der Waals surface area (Å²) in [7, 11) is -8.20. The summed E-state index contributed by atoms with van der Waals surface area (Å²) in [6.45, 7) is 2.73. The van der Waals surface area contributed by atoms with E-state index in [4.69, 9.17) is 0 Å². The van der Waals surface area contributed by atoms with Crippen LogP contribution in [0.2, 0.25) is 0 Å². The van der Waals surface area contributed by atoms with Gasteiger partial charge in [-0.3, -0.25) is 19.0 Å². The Morgan fingerprint density at radius 2 is 0.816 bits per heavy atom. The summed E-state index contributed by atoms with van der Waals surface area (Å²) in [6, 6.07) is 21.0. The summed E-state index contributed by atoms with van der Waals surface area (Å²) in [5.41, 5.74) is 1.56. The van der Waals surface area contributed by atoms with Crippen LogP contribution in [0.1, 0.15) is 13.8 Å². The molecule has 0 aromatic heterocycles. The van der Waals surface area contributed by atoms with Crippen LogP contribution in [0.5, 0.6) is 0 Å². The van der Waals surface area contributed by atoms with Gasteiger partial charge in [-0.2, -0.15) is 0 Å². The molecule has 4 rings (SSSR count). The van der Waals surface area contributed by atoms with E-state index in [9.17, 15) is 26.4 Å². The molecule has 38 heavy (non-hydrogen) atoms. The molecule has 0 spiro atoms. The molecule has 0 bridgehead atoms. The third-order valence-electron chi connectivity index (χ3n) is 5.34. The van der Waals surface area contributed by atoms with Gasteiger partial charge in [-0.15, -0.1) is 0 Å². The molecular weight excluding hydrogens is 528 g/mol. The van der Waals surface area contributed by atoms with E-state index in [1.54, 1.807) is 24.3 Å². The molecule has 0 saturated heterocycles. The Kier molecular flexibility index (Phi) is 7.37. The second-order valence-electron chi connectivity index (χ2n) is 8.34. The highest BCUT2D eigenvalue weighted by Crippen LogP contribution is 2.31. The lowest BCUT2D eigenvalue weighted by molar-refractivity contribution is -0.115. The van der Waals surface area contributed by atoms with Crippen molar-refractivity contribution in [2.24, 2.45) is 0 Å². The molecule has 0 saturated carbocycles. The van der Waals surface area contributed by atoms with Crippen LogP contribution in [-0.4, -0.2) is 28.6 Å². The molecule has 10 nitrogen and oxygen atoms in total. The normalized spacial score (nSPS) is 11.5. The fourth-order valence-corrected chi connectivity index (χ4v) is 6.35. The lowest BCUT2D eigenvalue weighted by Crippen LogP contribution is -2.15. The topological polar surface area (TPSA) is 151 Å². The maximum Gasteiger partial charge on any atom is 0.262 e. The average molecular weight is 553 g/mol. The molecule has 0 aliphatic heterocycles. The molecule has 0 atom stereocenters. The van der Waals surface area contributed by atoms with Crippen molar-refractivity contribution in [2.75, 3.05) is 20.1 Å². The van der Waals surface area contributed by atoms with Crippen molar-refractivity contribution in [1.82, 2.24) is 0 Å². The molecular formula is C26H24N4O6S2. The van der Waals surface area contributed by atoms with Gasteiger partial charge in [-0.05, 0) is 60.7 Å². The van der Waals surface area contributed by atoms with E-state index < -0.39 is 20.0 Å². The highest BCUT2D eigenvalue weighted by Gasteiger charge is 2.22. The van der Waals surface area contributed by atoms with Crippen LogP contribution in [0.4, 0.5) is 22.7 Å². The first-order chi connectivity index (χ1) is 17.9. The summed E-state index contributed by atoms with van der Waals surface area (Å²) in [6.07, 6.45) is 0. The van der Waals surface area contributed by atoms with Gasteiger partial charge in [0.2, 0.25) is 11.8 Å². The number of carbonyl (C=O) groups is 2. The lowest BCUT2D eigenvalue weighted by atomic mass is 10.1. The minimum Gasteiger partial charge on any atom is -0.326 e. The van der Waals surface area contributed by atoms with Crippen LogP contribution in [0, 0.1) is 0 Å². The number of fused-ring (bicyclic) bond motifs is 1.